The molecule has 0 spiro atoms. The molecule has 36 heavy (non-hydrogen) atoms. The topological polar surface area (TPSA) is 142 Å². The highest BCUT2D eigenvalue weighted by atomic mass is 32.2. The average molecular weight is 508 g/mol. The van der Waals surface area contributed by atoms with Gasteiger partial charge in [-0.3, -0.25) is 0 Å². The molecule has 12 heteroatoms. The second kappa shape index (κ2) is 10.4. The third kappa shape index (κ3) is 6.31. The molecule has 5 N–H and O–H groups in total. The first-order chi connectivity index (χ1) is 17.2. The van der Waals surface area contributed by atoms with Gasteiger partial charge in [-0.1, -0.05) is 12.1 Å². The molecule has 0 unspecified atom stereocenters. The summed E-state index contributed by atoms with van der Waals surface area (Å²) in [6, 6.07) is 19.9. The SMILES string of the molecule is CN(c1ccc(NC(=O)Nc2cccc(F)c2)cc1)c1ccnc(Nc2cccc(S(N)(=O)=O)c2)n1. The highest BCUT2D eigenvalue weighted by Crippen LogP contribution is 2.25. The van der Waals surface area contributed by atoms with Crippen molar-refractivity contribution in [3.63, 3.8) is 0 Å². The first kappa shape index (κ1) is 24.6. The number of sulfonamides is 1. The molecule has 3 aromatic carbocycles. The predicted molar refractivity (Wildman–Crippen MR) is 137 cm³/mol. The quantitative estimate of drug-likeness (QED) is 0.290. The molecule has 0 aliphatic rings. The van der Waals surface area contributed by atoms with E-state index in [2.05, 4.69) is 25.9 Å². The molecule has 4 rings (SSSR count). The third-order valence-corrected chi connectivity index (χ3v) is 5.91. The van der Waals surface area contributed by atoms with Gasteiger partial charge in [0.1, 0.15) is 11.6 Å². The van der Waals surface area contributed by atoms with Gasteiger partial charge in [-0.15, -0.1) is 0 Å². The normalized spacial score (nSPS) is 11.0. The molecule has 10 nitrogen and oxygen atoms in total. The molecule has 0 saturated heterocycles. The van der Waals surface area contributed by atoms with Crippen LogP contribution in [-0.4, -0.2) is 31.5 Å². The number of primary sulfonamides is 1. The maximum absolute atomic E-state index is 13.3. The minimum Gasteiger partial charge on any atom is -0.329 e. The smallest absolute Gasteiger partial charge is 0.323 e. The Hall–Kier alpha value is -4.55. The van der Waals surface area contributed by atoms with Crippen molar-refractivity contribution in [2.75, 3.05) is 27.9 Å². The number of hydrogen-bond acceptors (Lipinski definition) is 7. The average Bonchev–Trinajstić information content (AvgIpc) is 2.84. The molecule has 184 valence electrons. The van der Waals surface area contributed by atoms with Gasteiger partial charge in [-0.05, 0) is 66.7 Å². The number of urea groups is 1. The zero-order chi connectivity index (χ0) is 25.7. The fourth-order valence-corrected chi connectivity index (χ4v) is 3.80. The molecule has 4 aromatic rings. The van der Waals surface area contributed by atoms with E-state index >= 15 is 0 Å². The highest BCUT2D eigenvalue weighted by molar-refractivity contribution is 7.89. The lowest BCUT2D eigenvalue weighted by molar-refractivity contribution is 0.262. The van der Waals surface area contributed by atoms with Gasteiger partial charge in [0.05, 0.1) is 4.90 Å². The van der Waals surface area contributed by atoms with Crippen molar-refractivity contribution < 1.29 is 17.6 Å². The molecule has 1 aromatic heterocycles. The summed E-state index contributed by atoms with van der Waals surface area (Å²) in [5, 5.41) is 13.4. The van der Waals surface area contributed by atoms with Gasteiger partial charge in [0.15, 0.2) is 0 Å². The lowest BCUT2D eigenvalue weighted by atomic mass is 10.2. The van der Waals surface area contributed by atoms with Crippen LogP contribution in [0.2, 0.25) is 0 Å². The number of amides is 2. The summed E-state index contributed by atoms with van der Waals surface area (Å²) in [5.41, 5.74) is 2.13. The van der Waals surface area contributed by atoms with Gasteiger partial charge in [0, 0.05) is 36.0 Å². The van der Waals surface area contributed by atoms with Crippen molar-refractivity contribution in [2.24, 2.45) is 5.14 Å². The Morgan fingerprint density at radius 2 is 1.61 bits per heavy atom. The van der Waals surface area contributed by atoms with Crippen molar-refractivity contribution in [1.29, 1.82) is 0 Å². The summed E-state index contributed by atoms with van der Waals surface area (Å²) in [6.07, 6.45) is 1.57. The number of aromatic nitrogens is 2. The van der Waals surface area contributed by atoms with Gasteiger partial charge in [0.2, 0.25) is 16.0 Å². The first-order valence-electron chi connectivity index (χ1n) is 10.6. The van der Waals surface area contributed by atoms with E-state index in [4.69, 9.17) is 5.14 Å². The minimum absolute atomic E-state index is 0.0286. The number of nitrogens with two attached hydrogens (primary N) is 1. The van der Waals surface area contributed by atoms with Crippen LogP contribution < -0.4 is 26.0 Å². The maximum atomic E-state index is 13.3. The van der Waals surface area contributed by atoms with E-state index in [1.807, 2.05) is 11.9 Å². The molecule has 1 heterocycles. The number of anilines is 6. The number of nitrogens with one attached hydrogen (secondary N) is 3. The number of carbonyl (C=O) groups excluding carboxylic acids is 1. The van der Waals surface area contributed by atoms with Crippen LogP contribution >= 0.6 is 0 Å². The van der Waals surface area contributed by atoms with Crippen molar-refractivity contribution in [2.45, 2.75) is 4.90 Å². The molecular formula is C24H22FN7O3S. The first-order valence-corrected chi connectivity index (χ1v) is 12.1. The lowest BCUT2D eigenvalue weighted by Crippen LogP contribution is -2.19. The monoisotopic (exact) mass is 507 g/mol. The van der Waals surface area contributed by atoms with E-state index in [0.29, 0.717) is 22.9 Å². The van der Waals surface area contributed by atoms with Crippen molar-refractivity contribution >= 4 is 50.6 Å². The van der Waals surface area contributed by atoms with E-state index in [1.54, 1.807) is 54.7 Å². The summed E-state index contributed by atoms with van der Waals surface area (Å²) in [7, 11) is -2.03. The Labute approximate surface area is 207 Å². The summed E-state index contributed by atoms with van der Waals surface area (Å²) in [5.74, 6) is 0.387. The van der Waals surface area contributed by atoms with Gasteiger partial charge >= 0.3 is 6.03 Å². The van der Waals surface area contributed by atoms with Crippen LogP contribution in [0.3, 0.4) is 0 Å². The third-order valence-electron chi connectivity index (χ3n) is 5.00. The number of nitrogens with zero attached hydrogens (tertiary/aromatic N) is 3. The van der Waals surface area contributed by atoms with Crippen LogP contribution in [0.25, 0.3) is 0 Å². The van der Waals surface area contributed by atoms with E-state index in [0.717, 1.165) is 5.69 Å². The Bertz CT molecular complexity index is 1500. The van der Waals surface area contributed by atoms with Gasteiger partial charge in [0.25, 0.3) is 0 Å². The number of benzene rings is 3. The van der Waals surface area contributed by atoms with Crippen LogP contribution in [0.15, 0.2) is 90.0 Å². The maximum Gasteiger partial charge on any atom is 0.323 e. The summed E-state index contributed by atoms with van der Waals surface area (Å²) < 4.78 is 36.5. The summed E-state index contributed by atoms with van der Waals surface area (Å²) >= 11 is 0. The van der Waals surface area contributed by atoms with E-state index < -0.39 is 21.9 Å². The lowest BCUT2D eigenvalue weighted by Gasteiger charge is -2.19. The van der Waals surface area contributed by atoms with Gasteiger partial charge in [-0.25, -0.2) is 27.7 Å². The van der Waals surface area contributed by atoms with Gasteiger partial charge < -0.3 is 20.9 Å². The van der Waals surface area contributed by atoms with E-state index in [-0.39, 0.29) is 10.8 Å². The Morgan fingerprint density at radius 3 is 2.33 bits per heavy atom. The summed E-state index contributed by atoms with van der Waals surface area (Å²) in [4.78, 5) is 22.6. The summed E-state index contributed by atoms with van der Waals surface area (Å²) in [6.45, 7) is 0. The zero-order valence-corrected chi connectivity index (χ0v) is 19.8. The Kier molecular flexibility index (Phi) is 7.08. The van der Waals surface area contributed by atoms with Crippen molar-refractivity contribution in [3.05, 3.63) is 90.9 Å². The standard InChI is InChI=1S/C24H22FN7O3S/c1-32(20-10-8-17(9-11-20)29-24(33)30-18-5-2-4-16(25)14-18)22-12-13-27-23(31-22)28-19-6-3-7-21(15-19)36(26,34)35/h2-15H,1H3,(H2,26,34,35)(H,27,28,31)(H2,29,30,33). The molecule has 2 amide bonds. The van der Waals surface area contributed by atoms with E-state index in [1.165, 1.54) is 30.3 Å². The predicted octanol–water partition coefficient (Wildman–Crippen LogP) is 4.42. The molecule has 0 fully saturated rings. The highest BCUT2D eigenvalue weighted by Gasteiger charge is 2.11. The second-order valence-electron chi connectivity index (χ2n) is 7.63. The van der Waals surface area contributed by atoms with Crippen LogP contribution in [0.4, 0.5) is 43.7 Å². The Morgan fingerprint density at radius 1 is 0.917 bits per heavy atom. The van der Waals surface area contributed by atoms with E-state index in [9.17, 15) is 17.6 Å². The van der Waals surface area contributed by atoms with Crippen LogP contribution in [-0.2, 0) is 10.0 Å². The number of carbonyl (C=O) groups is 1. The zero-order valence-electron chi connectivity index (χ0n) is 19.0. The second-order valence-corrected chi connectivity index (χ2v) is 9.19. The van der Waals surface area contributed by atoms with Crippen molar-refractivity contribution in [3.8, 4) is 0 Å². The molecule has 0 aliphatic heterocycles. The molecule has 0 bridgehead atoms. The molecule has 0 radical (unpaired) electrons. The van der Waals surface area contributed by atoms with Crippen LogP contribution in [0.5, 0.6) is 0 Å². The largest absolute Gasteiger partial charge is 0.329 e. The van der Waals surface area contributed by atoms with Crippen LogP contribution in [0, 0.1) is 5.82 Å². The number of rotatable bonds is 7. The minimum atomic E-state index is -3.84. The van der Waals surface area contributed by atoms with Crippen LogP contribution in [0.1, 0.15) is 0 Å². The molecule has 0 atom stereocenters. The van der Waals surface area contributed by atoms with Crippen molar-refractivity contribution in [1.82, 2.24) is 9.97 Å². The number of halogens is 1. The fraction of sp³-hybridized carbons (Fsp3) is 0.0417. The number of hydrogen-bond donors (Lipinski definition) is 4. The van der Waals surface area contributed by atoms with Gasteiger partial charge in [-0.2, -0.15) is 4.98 Å². The molecule has 0 aliphatic carbocycles. The molecular weight excluding hydrogens is 485 g/mol. The Balaban J connectivity index is 1.42. The molecule has 0 saturated carbocycles. The fourth-order valence-electron chi connectivity index (χ4n) is 3.24.